The Morgan fingerprint density at radius 1 is 1.19 bits per heavy atom. The number of carbonyl (C=O) groups is 1. The molecule has 1 unspecified atom stereocenters. The predicted octanol–water partition coefficient (Wildman–Crippen LogP) is 3.86. The lowest BCUT2D eigenvalue weighted by atomic mass is 10.2. The summed E-state index contributed by atoms with van der Waals surface area (Å²) in [6.07, 6.45) is 1.67. The molecule has 3 aromatic rings. The molecule has 8 nitrogen and oxygen atoms in total. The number of nitrogens with zero attached hydrogens (tertiary/aromatic N) is 4. The Labute approximate surface area is 193 Å². The molecule has 1 aromatic carbocycles. The van der Waals surface area contributed by atoms with E-state index in [1.165, 1.54) is 11.8 Å². The number of rotatable bonds is 12. The van der Waals surface area contributed by atoms with Gasteiger partial charge in [0.05, 0.1) is 30.7 Å². The molecule has 3 rings (SSSR count). The SMILES string of the molecule is CCN(CC)C(CNC(=O)CSc1nnc(-c2ccccc2OC)n1CC)c1ccco1. The van der Waals surface area contributed by atoms with E-state index in [1.54, 1.807) is 13.4 Å². The Balaban J connectivity index is 1.64. The number of hydrogen-bond donors (Lipinski definition) is 1. The van der Waals surface area contributed by atoms with Crippen LogP contribution in [0.5, 0.6) is 5.75 Å². The third-order valence-corrected chi connectivity index (χ3v) is 6.30. The monoisotopic (exact) mass is 457 g/mol. The maximum atomic E-state index is 12.6. The summed E-state index contributed by atoms with van der Waals surface area (Å²) in [5, 5.41) is 12.4. The second kappa shape index (κ2) is 11.7. The highest BCUT2D eigenvalue weighted by Crippen LogP contribution is 2.30. The van der Waals surface area contributed by atoms with Crippen molar-refractivity contribution in [1.82, 2.24) is 25.0 Å². The number of methoxy groups -OCH3 is 1. The smallest absolute Gasteiger partial charge is 0.230 e. The summed E-state index contributed by atoms with van der Waals surface area (Å²) in [5.41, 5.74) is 0.876. The summed E-state index contributed by atoms with van der Waals surface area (Å²) in [7, 11) is 1.64. The molecule has 0 bridgehead atoms. The van der Waals surface area contributed by atoms with Gasteiger partial charge in [-0.15, -0.1) is 10.2 Å². The summed E-state index contributed by atoms with van der Waals surface area (Å²) in [6.45, 7) is 9.16. The molecule has 0 spiro atoms. The van der Waals surface area contributed by atoms with E-state index in [4.69, 9.17) is 9.15 Å². The second-order valence-electron chi connectivity index (χ2n) is 7.10. The van der Waals surface area contributed by atoms with E-state index in [0.29, 0.717) is 18.2 Å². The number of likely N-dealkylation sites (N-methyl/N-ethyl adjacent to an activating group) is 1. The molecule has 0 saturated carbocycles. The molecule has 0 fully saturated rings. The van der Waals surface area contributed by atoms with Crippen LogP contribution in [0, 0.1) is 0 Å². The van der Waals surface area contributed by atoms with E-state index >= 15 is 0 Å². The van der Waals surface area contributed by atoms with Crippen LogP contribution in [0.25, 0.3) is 11.4 Å². The highest BCUT2D eigenvalue weighted by molar-refractivity contribution is 7.99. The van der Waals surface area contributed by atoms with Crippen LogP contribution in [0.3, 0.4) is 0 Å². The molecule has 0 aliphatic carbocycles. The Morgan fingerprint density at radius 2 is 1.97 bits per heavy atom. The topological polar surface area (TPSA) is 85.4 Å². The molecule has 0 radical (unpaired) electrons. The van der Waals surface area contributed by atoms with Gasteiger partial charge in [0, 0.05) is 13.1 Å². The van der Waals surface area contributed by atoms with Crippen molar-refractivity contribution < 1.29 is 13.9 Å². The van der Waals surface area contributed by atoms with Crippen LogP contribution in [0.1, 0.15) is 32.6 Å². The van der Waals surface area contributed by atoms with Gasteiger partial charge in [-0.1, -0.05) is 37.7 Å². The molecule has 2 heterocycles. The summed E-state index contributed by atoms with van der Waals surface area (Å²) >= 11 is 1.38. The molecule has 2 aromatic heterocycles. The predicted molar refractivity (Wildman–Crippen MR) is 126 cm³/mol. The molecule has 172 valence electrons. The number of furan rings is 1. The van der Waals surface area contributed by atoms with Crippen molar-refractivity contribution >= 4 is 17.7 Å². The fourth-order valence-corrected chi connectivity index (χ4v) is 4.49. The van der Waals surface area contributed by atoms with Crippen molar-refractivity contribution in [3.05, 3.63) is 48.4 Å². The quantitative estimate of drug-likeness (QED) is 0.413. The minimum absolute atomic E-state index is 0.00499. The average Bonchev–Trinajstić information content (AvgIpc) is 3.50. The van der Waals surface area contributed by atoms with Crippen LogP contribution in [0.2, 0.25) is 0 Å². The molecular weight excluding hydrogens is 426 g/mol. The maximum Gasteiger partial charge on any atom is 0.230 e. The number of thioether (sulfide) groups is 1. The van der Waals surface area contributed by atoms with Gasteiger partial charge in [-0.2, -0.15) is 0 Å². The number of carbonyl (C=O) groups excluding carboxylic acids is 1. The third-order valence-electron chi connectivity index (χ3n) is 5.33. The molecule has 32 heavy (non-hydrogen) atoms. The van der Waals surface area contributed by atoms with Crippen molar-refractivity contribution in [2.45, 2.75) is 38.5 Å². The van der Waals surface area contributed by atoms with Gasteiger partial charge in [0.1, 0.15) is 11.5 Å². The zero-order valence-electron chi connectivity index (χ0n) is 19.1. The third kappa shape index (κ3) is 5.52. The molecule has 0 aliphatic rings. The highest BCUT2D eigenvalue weighted by Gasteiger charge is 2.22. The first-order chi connectivity index (χ1) is 15.6. The lowest BCUT2D eigenvalue weighted by Crippen LogP contribution is -2.38. The van der Waals surface area contributed by atoms with Gasteiger partial charge in [-0.25, -0.2) is 0 Å². The van der Waals surface area contributed by atoms with Crippen LogP contribution >= 0.6 is 11.8 Å². The number of amides is 1. The number of nitrogens with one attached hydrogen (secondary N) is 1. The standard InChI is InChI=1S/C23H31N5O3S/c1-5-27(6-2)18(20-13-10-14-31-20)15-24-21(29)16-32-23-26-25-22(28(23)7-3)17-11-8-9-12-19(17)30-4/h8-14,18H,5-7,15-16H2,1-4H3,(H,24,29). The van der Waals surface area contributed by atoms with E-state index in [2.05, 4.69) is 34.3 Å². The summed E-state index contributed by atoms with van der Waals surface area (Å²) in [6, 6.07) is 11.5. The largest absolute Gasteiger partial charge is 0.496 e. The van der Waals surface area contributed by atoms with E-state index in [-0.39, 0.29) is 17.7 Å². The fourth-order valence-electron chi connectivity index (χ4n) is 3.66. The van der Waals surface area contributed by atoms with Gasteiger partial charge < -0.3 is 19.0 Å². The Morgan fingerprint density at radius 3 is 2.62 bits per heavy atom. The van der Waals surface area contributed by atoms with Crippen molar-refractivity contribution in [1.29, 1.82) is 0 Å². The van der Waals surface area contributed by atoms with Crippen molar-refractivity contribution in [2.75, 3.05) is 32.5 Å². The van der Waals surface area contributed by atoms with Crippen molar-refractivity contribution in [3.63, 3.8) is 0 Å². The molecule has 1 N–H and O–H groups in total. The van der Waals surface area contributed by atoms with Gasteiger partial charge >= 0.3 is 0 Å². The van der Waals surface area contributed by atoms with Gasteiger partial charge in [0.15, 0.2) is 11.0 Å². The zero-order chi connectivity index (χ0) is 22.9. The lowest BCUT2D eigenvalue weighted by Gasteiger charge is -2.28. The van der Waals surface area contributed by atoms with Crippen molar-refractivity contribution in [2.24, 2.45) is 0 Å². The average molecular weight is 458 g/mol. The molecule has 0 aliphatic heterocycles. The summed E-state index contributed by atoms with van der Waals surface area (Å²) < 4.78 is 13.1. The van der Waals surface area contributed by atoms with Crippen LogP contribution in [0.15, 0.2) is 52.2 Å². The molecule has 0 saturated heterocycles. The molecule has 1 amide bonds. The molecular formula is C23H31N5O3S. The molecule has 9 heteroatoms. The second-order valence-corrected chi connectivity index (χ2v) is 8.04. The first-order valence-electron chi connectivity index (χ1n) is 10.9. The highest BCUT2D eigenvalue weighted by atomic mass is 32.2. The first-order valence-corrected chi connectivity index (χ1v) is 11.8. The van der Waals surface area contributed by atoms with Crippen molar-refractivity contribution in [3.8, 4) is 17.1 Å². The Hall–Kier alpha value is -2.78. The minimum atomic E-state index is -0.0526. The summed E-state index contributed by atoms with van der Waals surface area (Å²) in [5.74, 6) is 2.53. The van der Waals surface area contributed by atoms with Gasteiger partial charge in [0.25, 0.3) is 0 Å². The summed E-state index contributed by atoms with van der Waals surface area (Å²) in [4.78, 5) is 14.9. The molecule has 1 atom stereocenters. The zero-order valence-corrected chi connectivity index (χ0v) is 19.9. The van der Waals surface area contributed by atoms with Gasteiger partial charge in [-0.3, -0.25) is 9.69 Å². The van der Waals surface area contributed by atoms with Crippen LogP contribution in [-0.2, 0) is 11.3 Å². The number of hydrogen-bond acceptors (Lipinski definition) is 7. The van der Waals surface area contributed by atoms with Crippen LogP contribution < -0.4 is 10.1 Å². The van der Waals surface area contributed by atoms with Crippen LogP contribution in [-0.4, -0.2) is 58.1 Å². The minimum Gasteiger partial charge on any atom is -0.496 e. The first kappa shape index (κ1) is 23.9. The Kier molecular flexibility index (Phi) is 8.75. The van der Waals surface area contributed by atoms with E-state index in [0.717, 1.165) is 36.0 Å². The maximum absolute atomic E-state index is 12.6. The number of aromatic nitrogens is 3. The van der Waals surface area contributed by atoms with E-state index in [9.17, 15) is 4.79 Å². The lowest BCUT2D eigenvalue weighted by molar-refractivity contribution is -0.118. The fraction of sp³-hybridized carbons (Fsp3) is 0.435. The van der Waals surface area contributed by atoms with Gasteiger partial charge in [0.2, 0.25) is 5.91 Å². The number of benzene rings is 1. The number of ether oxygens (including phenoxy) is 1. The van der Waals surface area contributed by atoms with E-state index < -0.39 is 0 Å². The normalized spacial score (nSPS) is 12.2. The van der Waals surface area contributed by atoms with Crippen LogP contribution in [0.4, 0.5) is 0 Å². The van der Waals surface area contributed by atoms with E-state index in [1.807, 2.05) is 47.9 Å². The van der Waals surface area contributed by atoms with Gasteiger partial charge in [-0.05, 0) is 44.3 Å². The Bertz CT molecular complexity index is 985. The number of para-hydroxylation sites is 1.